The van der Waals surface area contributed by atoms with Gasteiger partial charge in [0.15, 0.2) is 0 Å². The number of rotatable bonds is 3. The van der Waals surface area contributed by atoms with Crippen LogP contribution in [0.5, 0.6) is 0 Å². The van der Waals surface area contributed by atoms with Crippen molar-refractivity contribution in [2.75, 3.05) is 20.1 Å². The average Bonchev–Trinajstić information content (AvgIpc) is 2.80. The number of aryl methyl sites for hydroxylation is 1. The fourth-order valence-electron chi connectivity index (χ4n) is 2.52. The molecule has 1 unspecified atom stereocenters. The van der Waals surface area contributed by atoms with Crippen LogP contribution in [0.1, 0.15) is 28.8 Å². The average molecular weight is 395 g/mol. The Morgan fingerprint density at radius 2 is 2.26 bits per heavy atom. The molecule has 1 saturated heterocycles. The smallest absolute Gasteiger partial charge is 0.255 e. The highest BCUT2D eigenvalue weighted by atomic mass is 127. The first-order valence-electron chi connectivity index (χ1n) is 6.36. The minimum atomic E-state index is 0. The first kappa shape index (κ1) is 16.7. The van der Waals surface area contributed by atoms with Gasteiger partial charge in [-0.1, -0.05) is 12.1 Å². The SMILES string of the molecule is CNCC1CCCN1C(=O)c1cccc(C)c1I.Cl. The molecular weight excluding hydrogens is 375 g/mol. The zero-order chi connectivity index (χ0) is 13.1. The zero-order valence-corrected chi connectivity index (χ0v) is 14.3. The molecule has 1 aromatic rings. The third kappa shape index (κ3) is 3.61. The van der Waals surface area contributed by atoms with Crippen molar-refractivity contribution < 1.29 is 4.79 Å². The van der Waals surface area contributed by atoms with Gasteiger partial charge in [-0.05, 0) is 61.0 Å². The fourth-order valence-corrected chi connectivity index (χ4v) is 3.11. The number of nitrogens with zero attached hydrogens (tertiary/aromatic N) is 1. The lowest BCUT2D eigenvalue weighted by Crippen LogP contribution is -2.41. The molecule has 106 valence electrons. The van der Waals surface area contributed by atoms with E-state index < -0.39 is 0 Å². The Labute approximate surface area is 134 Å². The van der Waals surface area contributed by atoms with Crippen molar-refractivity contribution in [1.82, 2.24) is 10.2 Å². The number of carbonyl (C=O) groups is 1. The number of hydrogen-bond donors (Lipinski definition) is 1. The number of amides is 1. The monoisotopic (exact) mass is 394 g/mol. The summed E-state index contributed by atoms with van der Waals surface area (Å²) in [6.45, 7) is 3.82. The van der Waals surface area contributed by atoms with Gasteiger partial charge in [0.2, 0.25) is 0 Å². The summed E-state index contributed by atoms with van der Waals surface area (Å²) in [4.78, 5) is 14.6. The second-order valence-electron chi connectivity index (χ2n) is 4.79. The van der Waals surface area contributed by atoms with Crippen LogP contribution in [-0.4, -0.2) is 37.0 Å². The summed E-state index contributed by atoms with van der Waals surface area (Å²) in [6.07, 6.45) is 2.22. The summed E-state index contributed by atoms with van der Waals surface area (Å²) in [5, 5.41) is 3.18. The first-order valence-corrected chi connectivity index (χ1v) is 7.43. The molecule has 2 rings (SSSR count). The minimum Gasteiger partial charge on any atom is -0.334 e. The van der Waals surface area contributed by atoms with Crippen molar-refractivity contribution >= 4 is 40.9 Å². The standard InChI is InChI=1S/C14H19IN2O.ClH/c1-10-5-3-7-12(13(10)15)14(18)17-8-4-6-11(17)9-16-2;/h3,5,7,11,16H,4,6,8-9H2,1-2H3;1H. The molecule has 0 aliphatic carbocycles. The highest BCUT2D eigenvalue weighted by Crippen LogP contribution is 2.23. The van der Waals surface area contributed by atoms with Crippen molar-refractivity contribution in [3.63, 3.8) is 0 Å². The number of benzene rings is 1. The molecule has 19 heavy (non-hydrogen) atoms. The Kier molecular flexibility index (Phi) is 6.56. The molecule has 3 nitrogen and oxygen atoms in total. The number of nitrogens with one attached hydrogen (secondary N) is 1. The Balaban J connectivity index is 0.00000180. The van der Waals surface area contributed by atoms with Crippen molar-refractivity contribution in [1.29, 1.82) is 0 Å². The maximum Gasteiger partial charge on any atom is 0.255 e. The predicted octanol–water partition coefficient (Wildman–Crippen LogP) is 2.85. The van der Waals surface area contributed by atoms with Crippen LogP contribution in [0.15, 0.2) is 18.2 Å². The second kappa shape index (κ2) is 7.45. The maximum absolute atomic E-state index is 12.6. The Morgan fingerprint density at radius 3 is 2.95 bits per heavy atom. The number of carbonyl (C=O) groups excluding carboxylic acids is 1. The first-order chi connectivity index (χ1) is 8.65. The molecule has 1 aliphatic rings. The molecule has 0 saturated carbocycles. The molecule has 5 heteroatoms. The largest absolute Gasteiger partial charge is 0.334 e. The van der Waals surface area contributed by atoms with Crippen LogP contribution in [0.3, 0.4) is 0 Å². The number of likely N-dealkylation sites (N-methyl/N-ethyl adjacent to an activating group) is 1. The van der Waals surface area contributed by atoms with Crippen LogP contribution in [0.25, 0.3) is 0 Å². The molecule has 0 radical (unpaired) electrons. The van der Waals surface area contributed by atoms with Crippen LogP contribution in [0, 0.1) is 10.5 Å². The molecule has 1 aliphatic heterocycles. The molecule has 0 bridgehead atoms. The highest BCUT2D eigenvalue weighted by Gasteiger charge is 2.29. The van der Waals surface area contributed by atoms with Crippen molar-refractivity contribution in [3.05, 3.63) is 32.9 Å². The van der Waals surface area contributed by atoms with Crippen molar-refractivity contribution in [2.24, 2.45) is 0 Å². The van der Waals surface area contributed by atoms with Gasteiger partial charge in [-0.15, -0.1) is 12.4 Å². The number of halogens is 2. The van der Waals surface area contributed by atoms with Gasteiger partial charge in [0, 0.05) is 22.7 Å². The van der Waals surface area contributed by atoms with Gasteiger partial charge in [-0.25, -0.2) is 0 Å². The maximum atomic E-state index is 12.6. The Hall–Kier alpha value is -0.330. The van der Waals surface area contributed by atoms with Gasteiger partial charge >= 0.3 is 0 Å². The van der Waals surface area contributed by atoms with Crippen LogP contribution >= 0.6 is 35.0 Å². The lowest BCUT2D eigenvalue weighted by Gasteiger charge is -2.25. The van der Waals surface area contributed by atoms with Crippen LogP contribution < -0.4 is 5.32 Å². The van der Waals surface area contributed by atoms with E-state index in [4.69, 9.17) is 0 Å². The molecule has 1 N–H and O–H groups in total. The van der Waals surface area contributed by atoms with Crippen molar-refractivity contribution in [2.45, 2.75) is 25.8 Å². The molecule has 1 heterocycles. The summed E-state index contributed by atoms with van der Waals surface area (Å²) in [7, 11) is 1.94. The normalized spacial score (nSPS) is 18.3. The van der Waals surface area contributed by atoms with E-state index in [2.05, 4.69) is 27.9 Å². The molecule has 1 aromatic carbocycles. The molecule has 1 amide bonds. The summed E-state index contributed by atoms with van der Waals surface area (Å²) < 4.78 is 1.08. The van der Waals surface area contributed by atoms with E-state index in [0.29, 0.717) is 6.04 Å². The van der Waals surface area contributed by atoms with E-state index in [1.54, 1.807) is 0 Å². The molecule has 0 spiro atoms. The summed E-state index contributed by atoms with van der Waals surface area (Å²) in [6, 6.07) is 6.30. The number of likely N-dealkylation sites (tertiary alicyclic amines) is 1. The zero-order valence-electron chi connectivity index (χ0n) is 11.3. The Bertz CT molecular complexity index is 453. The highest BCUT2D eigenvalue weighted by molar-refractivity contribution is 14.1. The van der Waals surface area contributed by atoms with Crippen LogP contribution in [0.4, 0.5) is 0 Å². The molecule has 0 aromatic heterocycles. The third-order valence-electron chi connectivity index (χ3n) is 3.50. The summed E-state index contributed by atoms with van der Waals surface area (Å²) in [5.74, 6) is 0.181. The van der Waals surface area contributed by atoms with Gasteiger partial charge in [0.1, 0.15) is 0 Å². The van der Waals surface area contributed by atoms with Gasteiger partial charge < -0.3 is 10.2 Å². The lowest BCUT2D eigenvalue weighted by atomic mass is 10.1. The summed E-state index contributed by atoms with van der Waals surface area (Å²) >= 11 is 2.27. The third-order valence-corrected chi connectivity index (χ3v) is 4.93. The lowest BCUT2D eigenvalue weighted by molar-refractivity contribution is 0.0736. The van der Waals surface area contributed by atoms with E-state index >= 15 is 0 Å². The quantitative estimate of drug-likeness (QED) is 0.800. The van der Waals surface area contributed by atoms with Gasteiger partial charge in [-0.2, -0.15) is 0 Å². The van der Waals surface area contributed by atoms with E-state index in [0.717, 1.165) is 35.1 Å². The van der Waals surface area contributed by atoms with Gasteiger partial charge in [-0.3, -0.25) is 4.79 Å². The van der Waals surface area contributed by atoms with Gasteiger partial charge in [0.05, 0.1) is 5.56 Å². The fraction of sp³-hybridized carbons (Fsp3) is 0.500. The van der Waals surface area contributed by atoms with Crippen molar-refractivity contribution in [3.8, 4) is 0 Å². The van der Waals surface area contributed by atoms with E-state index in [1.807, 2.05) is 37.1 Å². The van der Waals surface area contributed by atoms with Crippen LogP contribution in [0.2, 0.25) is 0 Å². The van der Waals surface area contributed by atoms with E-state index in [-0.39, 0.29) is 18.3 Å². The number of hydrogen-bond acceptors (Lipinski definition) is 2. The van der Waals surface area contributed by atoms with E-state index in [1.165, 1.54) is 5.56 Å². The predicted molar refractivity (Wildman–Crippen MR) is 89.1 cm³/mol. The van der Waals surface area contributed by atoms with E-state index in [9.17, 15) is 4.79 Å². The topological polar surface area (TPSA) is 32.3 Å². The summed E-state index contributed by atoms with van der Waals surface area (Å²) in [5.41, 5.74) is 2.02. The molecular formula is C14H20ClIN2O. The molecule has 1 fully saturated rings. The van der Waals surface area contributed by atoms with Crippen LogP contribution in [-0.2, 0) is 0 Å². The van der Waals surface area contributed by atoms with Gasteiger partial charge in [0.25, 0.3) is 5.91 Å². The second-order valence-corrected chi connectivity index (χ2v) is 5.87. The Morgan fingerprint density at radius 1 is 1.53 bits per heavy atom. The minimum absolute atomic E-state index is 0. The molecule has 1 atom stereocenters.